The lowest BCUT2D eigenvalue weighted by atomic mass is 9.94. The maximum absolute atomic E-state index is 12.3. The van der Waals surface area contributed by atoms with E-state index in [-0.39, 0.29) is 31.9 Å². The van der Waals surface area contributed by atoms with Gasteiger partial charge in [0, 0.05) is 6.42 Å². The van der Waals surface area contributed by atoms with Crippen LogP contribution in [0.4, 0.5) is 0 Å². The Hall–Kier alpha value is -1.49. The molecule has 142 valence electrons. The van der Waals surface area contributed by atoms with Crippen molar-refractivity contribution in [3.63, 3.8) is 0 Å². The van der Waals surface area contributed by atoms with Crippen molar-refractivity contribution in [1.82, 2.24) is 0 Å². The number of hydrogen-bond donors (Lipinski definition) is 0. The van der Waals surface area contributed by atoms with E-state index in [2.05, 4.69) is 0 Å². The minimum absolute atomic E-state index is 0. The quantitative estimate of drug-likeness (QED) is 0.643. The minimum Gasteiger partial charge on any atom is -0.465 e. The molecule has 0 amide bonds. The van der Waals surface area contributed by atoms with E-state index in [1.807, 2.05) is 65.0 Å². The average molecular weight is 369 g/mol. The number of carbonyl (C=O) groups excluding carboxylic acids is 2. The first-order chi connectivity index (χ1) is 11.2. The molecule has 0 aliphatic heterocycles. The number of esters is 2. The number of carbonyl (C=O) groups is 2. The molecule has 0 aliphatic carbocycles. The van der Waals surface area contributed by atoms with Crippen LogP contribution in [0.25, 0.3) is 0 Å². The molecular weight excluding hydrogens is 336 g/mol. The molecular formula is C20H32O4S. The molecule has 1 aromatic rings. The van der Waals surface area contributed by atoms with Gasteiger partial charge in [0.2, 0.25) is 0 Å². The first kappa shape index (κ1) is 23.5. The van der Waals surface area contributed by atoms with Crippen LogP contribution in [0.15, 0.2) is 30.3 Å². The molecule has 0 spiro atoms. The predicted octanol–water partition coefficient (Wildman–Crippen LogP) is 4.28. The summed E-state index contributed by atoms with van der Waals surface area (Å²) in [6, 6.07) is 9.87. The van der Waals surface area contributed by atoms with Crippen LogP contribution in [-0.2, 0) is 25.5 Å². The molecule has 0 fully saturated rings. The maximum atomic E-state index is 12.3. The Balaban J connectivity index is 0.00000576. The van der Waals surface area contributed by atoms with Crippen molar-refractivity contribution in [2.75, 3.05) is 6.61 Å². The van der Waals surface area contributed by atoms with Gasteiger partial charge >= 0.3 is 11.9 Å². The summed E-state index contributed by atoms with van der Waals surface area (Å²) < 4.78 is 10.7. The van der Waals surface area contributed by atoms with E-state index in [9.17, 15) is 9.59 Å². The van der Waals surface area contributed by atoms with Crippen LogP contribution in [0.5, 0.6) is 0 Å². The van der Waals surface area contributed by atoms with E-state index in [1.54, 1.807) is 0 Å². The first-order valence-electron chi connectivity index (χ1n) is 8.60. The molecule has 0 radical (unpaired) electrons. The molecule has 4 nitrogen and oxygen atoms in total. The molecule has 0 unspecified atom stereocenters. The Morgan fingerprint density at radius 3 is 2.20 bits per heavy atom. The Morgan fingerprint density at radius 1 is 1.08 bits per heavy atom. The Bertz CT molecular complexity index is 520. The van der Waals surface area contributed by atoms with Gasteiger partial charge < -0.3 is 9.47 Å². The third-order valence-corrected chi connectivity index (χ3v) is 3.40. The number of ether oxygens (including phenoxy) is 2. The zero-order valence-corrected chi connectivity index (χ0v) is 17.0. The lowest BCUT2D eigenvalue weighted by molar-refractivity contribution is -0.162. The van der Waals surface area contributed by atoms with Crippen molar-refractivity contribution in [2.24, 2.45) is 11.8 Å². The molecule has 0 aromatic heterocycles. The summed E-state index contributed by atoms with van der Waals surface area (Å²) in [5.41, 5.74) is 0.578. The van der Waals surface area contributed by atoms with Crippen LogP contribution in [-0.4, -0.2) is 24.1 Å². The molecule has 1 aromatic carbocycles. The fraction of sp³-hybridized carbons (Fsp3) is 0.600. The molecule has 0 saturated heterocycles. The third kappa shape index (κ3) is 10.9. The highest BCUT2D eigenvalue weighted by molar-refractivity contribution is 7.59. The Morgan fingerprint density at radius 2 is 1.68 bits per heavy atom. The van der Waals surface area contributed by atoms with Gasteiger partial charge in [0.15, 0.2) is 0 Å². The lowest BCUT2D eigenvalue weighted by Gasteiger charge is -2.22. The molecule has 0 heterocycles. The van der Waals surface area contributed by atoms with Gasteiger partial charge in [-0.05, 0) is 38.7 Å². The van der Waals surface area contributed by atoms with E-state index >= 15 is 0 Å². The fourth-order valence-corrected chi connectivity index (χ4v) is 2.45. The van der Waals surface area contributed by atoms with E-state index in [4.69, 9.17) is 9.47 Å². The summed E-state index contributed by atoms with van der Waals surface area (Å²) in [6.45, 7) is 9.84. The summed E-state index contributed by atoms with van der Waals surface area (Å²) in [5.74, 6) is -0.812. The molecule has 0 N–H and O–H groups in total. The smallest absolute Gasteiger partial charge is 0.309 e. The lowest BCUT2D eigenvalue weighted by Crippen LogP contribution is -2.29. The Labute approximate surface area is 158 Å². The van der Waals surface area contributed by atoms with Crippen molar-refractivity contribution in [3.05, 3.63) is 35.9 Å². The monoisotopic (exact) mass is 368 g/mol. The van der Waals surface area contributed by atoms with E-state index in [0.717, 1.165) is 5.56 Å². The number of benzene rings is 1. The SMILES string of the molecule is CC(C)C[C@H](CC(=O)OC(C)(C)C)C(=O)OCCc1ccccc1.S. The van der Waals surface area contributed by atoms with Crippen LogP contribution >= 0.6 is 13.5 Å². The molecule has 0 aliphatic rings. The maximum Gasteiger partial charge on any atom is 0.309 e. The molecule has 0 bridgehead atoms. The summed E-state index contributed by atoms with van der Waals surface area (Å²) in [5, 5.41) is 0. The van der Waals surface area contributed by atoms with Crippen LogP contribution < -0.4 is 0 Å². The van der Waals surface area contributed by atoms with Gasteiger partial charge in [0.1, 0.15) is 5.60 Å². The zero-order valence-electron chi connectivity index (χ0n) is 16.0. The zero-order chi connectivity index (χ0) is 18.2. The van der Waals surface area contributed by atoms with Crippen molar-refractivity contribution in [1.29, 1.82) is 0 Å². The van der Waals surface area contributed by atoms with Crippen molar-refractivity contribution < 1.29 is 19.1 Å². The second-order valence-electron chi connectivity index (χ2n) is 7.52. The normalized spacial score (nSPS) is 12.2. The fourth-order valence-electron chi connectivity index (χ4n) is 2.45. The average Bonchev–Trinajstić information content (AvgIpc) is 2.45. The number of rotatable bonds is 8. The third-order valence-electron chi connectivity index (χ3n) is 3.40. The van der Waals surface area contributed by atoms with E-state index < -0.39 is 11.5 Å². The van der Waals surface area contributed by atoms with Gasteiger partial charge in [-0.3, -0.25) is 9.59 Å². The van der Waals surface area contributed by atoms with Gasteiger partial charge in [-0.2, -0.15) is 13.5 Å². The summed E-state index contributed by atoms with van der Waals surface area (Å²) in [7, 11) is 0. The van der Waals surface area contributed by atoms with Crippen molar-refractivity contribution in [2.45, 2.75) is 59.5 Å². The highest BCUT2D eigenvalue weighted by atomic mass is 32.1. The van der Waals surface area contributed by atoms with Gasteiger partial charge in [0.05, 0.1) is 18.9 Å². The van der Waals surface area contributed by atoms with Crippen molar-refractivity contribution >= 4 is 25.4 Å². The minimum atomic E-state index is -0.545. The molecule has 0 saturated carbocycles. The second kappa shape index (κ2) is 11.2. The molecule has 25 heavy (non-hydrogen) atoms. The van der Waals surface area contributed by atoms with Crippen LogP contribution in [0.3, 0.4) is 0 Å². The number of hydrogen-bond acceptors (Lipinski definition) is 4. The molecule has 5 heteroatoms. The van der Waals surface area contributed by atoms with Gasteiger partial charge in [-0.25, -0.2) is 0 Å². The predicted molar refractivity (Wildman–Crippen MR) is 105 cm³/mol. The largest absolute Gasteiger partial charge is 0.465 e. The topological polar surface area (TPSA) is 52.6 Å². The van der Waals surface area contributed by atoms with E-state index in [0.29, 0.717) is 25.4 Å². The summed E-state index contributed by atoms with van der Waals surface area (Å²) in [6.07, 6.45) is 1.36. The van der Waals surface area contributed by atoms with E-state index in [1.165, 1.54) is 0 Å². The van der Waals surface area contributed by atoms with Crippen LogP contribution in [0, 0.1) is 11.8 Å². The van der Waals surface area contributed by atoms with Crippen LogP contribution in [0.2, 0.25) is 0 Å². The standard InChI is InChI=1S/C20H30O4.H2S/c1-15(2)13-17(14-18(21)24-20(3,4)5)19(22)23-12-11-16-9-7-6-8-10-16;/h6-10,15,17H,11-14H2,1-5H3;1H2/t17-;/m1./s1. The molecule has 1 atom stereocenters. The summed E-state index contributed by atoms with van der Waals surface area (Å²) in [4.78, 5) is 24.4. The van der Waals surface area contributed by atoms with Crippen molar-refractivity contribution in [3.8, 4) is 0 Å². The highest BCUT2D eigenvalue weighted by Crippen LogP contribution is 2.20. The second-order valence-corrected chi connectivity index (χ2v) is 7.52. The molecule has 1 rings (SSSR count). The Kier molecular flexibility index (Phi) is 10.5. The van der Waals surface area contributed by atoms with Gasteiger partial charge in [-0.1, -0.05) is 44.2 Å². The van der Waals surface area contributed by atoms with Gasteiger partial charge in [0.25, 0.3) is 0 Å². The highest BCUT2D eigenvalue weighted by Gasteiger charge is 2.27. The van der Waals surface area contributed by atoms with Gasteiger partial charge in [-0.15, -0.1) is 0 Å². The summed E-state index contributed by atoms with van der Waals surface area (Å²) >= 11 is 0. The first-order valence-corrected chi connectivity index (χ1v) is 8.60. The van der Waals surface area contributed by atoms with Crippen LogP contribution in [0.1, 0.15) is 53.0 Å².